The average molecular weight is 178 g/mol. The molecule has 4 nitrogen and oxygen atoms in total. The summed E-state index contributed by atoms with van der Waals surface area (Å²) in [6, 6.07) is 0.281. The van der Waals surface area contributed by atoms with Crippen molar-refractivity contribution in [2.45, 2.75) is 25.6 Å². The van der Waals surface area contributed by atoms with E-state index in [1.165, 1.54) is 0 Å². The van der Waals surface area contributed by atoms with E-state index in [0.29, 0.717) is 6.61 Å². The van der Waals surface area contributed by atoms with Gasteiger partial charge in [-0.15, -0.1) is 0 Å². The molecule has 0 heterocycles. The highest BCUT2D eigenvalue weighted by Gasteiger charge is 2.17. The van der Waals surface area contributed by atoms with E-state index in [0.717, 1.165) is 0 Å². The molecule has 0 bridgehead atoms. The zero-order chi connectivity index (χ0) is 8.85. The first-order valence-electron chi connectivity index (χ1n) is 3.60. The summed E-state index contributed by atoms with van der Waals surface area (Å²) in [6.07, 6.45) is -1.25. The number of carboxylic acids is 1. The van der Waals surface area contributed by atoms with Gasteiger partial charge < -0.3 is 14.6 Å². The van der Waals surface area contributed by atoms with E-state index in [2.05, 4.69) is 0 Å². The fraction of sp³-hybridized carbons (Fsp3) is 0.833. The topological polar surface area (TPSA) is 66.8 Å². The van der Waals surface area contributed by atoms with Gasteiger partial charge in [0.05, 0.1) is 0 Å². The van der Waals surface area contributed by atoms with Crippen LogP contribution in [0.1, 0.15) is 6.92 Å². The molecule has 2 unspecified atom stereocenters. The van der Waals surface area contributed by atoms with E-state index in [1.54, 1.807) is 0 Å². The van der Waals surface area contributed by atoms with Crippen LogP contribution >= 0.6 is 0 Å². The molecule has 5 heteroatoms. The van der Waals surface area contributed by atoms with Crippen LogP contribution in [0.25, 0.3) is 0 Å². The van der Waals surface area contributed by atoms with Gasteiger partial charge in [-0.25, -0.2) is 4.79 Å². The zero-order valence-electron chi connectivity index (χ0n) is 6.78. The van der Waals surface area contributed by atoms with E-state index in [9.17, 15) is 4.79 Å². The molecule has 0 amide bonds. The van der Waals surface area contributed by atoms with Crippen molar-refractivity contribution in [3.05, 3.63) is 0 Å². The molecule has 0 aliphatic carbocycles. The molecule has 66 valence electrons. The van der Waals surface area contributed by atoms with Crippen LogP contribution in [-0.4, -0.2) is 37.9 Å². The molecule has 2 atom stereocenters. The third kappa shape index (κ3) is 4.94. The lowest BCUT2D eigenvalue weighted by Crippen LogP contribution is -2.27. The van der Waals surface area contributed by atoms with Gasteiger partial charge in [0.1, 0.15) is 0 Å². The van der Waals surface area contributed by atoms with Gasteiger partial charge in [0.25, 0.3) is 0 Å². The van der Waals surface area contributed by atoms with Crippen molar-refractivity contribution in [1.82, 2.24) is 0 Å². The number of aliphatic hydroxyl groups is 1. The second kappa shape index (κ2) is 5.28. The third-order valence-corrected chi connectivity index (χ3v) is 3.30. The predicted octanol–water partition coefficient (Wildman–Crippen LogP) is -0.178. The number of hydrogen-bond acceptors (Lipinski definition) is 3. The third-order valence-electron chi connectivity index (χ3n) is 1.29. The molecule has 0 saturated carbocycles. The summed E-state index contributed by atoms with van der Waals surface area (Å²) in [4.78, 5) is 10.2. The molecule has 0 saturated heterocycles. The number of rotatable bonds is 5. The van der Waals surface area contributed by atoms with Gasteiger partial charge in [-0.2, -0.15) is 0 Å². The highest BCUT2D eigenvalue weighted by molar-refractivity contribution is 6.50. The van der Waals surface area contributed by atoms with Crippen molar-refractivity contribution >= 4 is 15.0 Å². The fourth-order valence-corrected chi connectivity index (χ4v) is 2.30. The van der Waals surface area contributed by atoms with Gasteiger partial charge in [0, 0.05) is 12.7 Å². The minimum Gasteiger partial charge on any atom is -0.479 e. The van der Waals surface area contributed by atoms with Crippen molar-refractivity contribution in [3.63, 3.8) is 0 Å². The second-order valence-electron chi connectivity index (χ2n) is 2.36. The van der Waals surface area contributed by atoms with Gasteiger partial charge in [0.15, 0.2) is 15.1 Å². The van der Waals surface area contributed by atoms with Crippen LogP contribution in [0.15, 0.2) is 0 Å². The molecule has 0 fully saturated rings. The SMILES string of the molecule is CCO[SiH](C)CC(O)C(=O)O. The molecule has 0 aliphatic heterocycles. The van der Waals surface area contributed by atoms with Crippen molar-refractivity contribution < 1.29 is 19.4 Å². The molecular formula is C6H14O4Si. The number of carboxylic acid groups (broad SMARTS) is 1. The molecule has 0 radical (unpaired) electrons. The van der Waals surface area contributed by atoms with Gasteiger partial charge in [-0.05, 0) is 13.5 Å². The van der Waals surface area contributed by atoms with Crippen LogP contribution in [0.2, 0.25) is 12.6 Å². The minimum absolute atomic E-state index is 0.281. The molecule has 11 heavy (non-hydrogen) atoms. The molecule has 0 aromatic heterocycles. The quantitative estimate of drug-likeness (QED) is 0.573. The summed E-state index contributed by atoms with van der Waals surface area (Å²) >= 11 is 0. The van der Waals surface area contributed by atoms with Gasteiger partial charge in [0.2, 0.25) is 0 Å². The number of aliphatic carboxylic acids is 1. The van der Waals surface area contributed by atoms with E-state index >= 15 is 0 Å². The average Bonchev–Trinajstić information content (AvgIpc) is 1.87. The van der Waals surface area contributed by atoms with E-state index in [-0.39, 0.29) is 6.04 Å². The number of hydrogen-bond donors (Lipinski definition) is 2. The Labute approximate surface area is 67.5 Å². The van der Waals surface area contributed by atoms with E-state index < -0.39 is 21.1 Å². The van der Waals surface area contributed by atoms with Crippen LogP contribution in [0.4, 0.5) is 0 Å². The highest BCUT2D eigenvalue weighted by atomic mass is 28.3. The molecule has 0 spiro atoms. The molecule has 0 aliphatic rings. The van der Waals surface area contributed by atoms with Crippen LogP contribution < -0.4 is 0 Å². The lowest BCUT2D eigenvalue weighted by molar-refractivity contribution is -0.145. The molecule has 0 aromatic rings. The molecular weight excluding hydrogens is 164 g/mol. The summed E-state index contributed by atoms with van der Waals surface area (Å²) in [6.45, 7) is 4.33. The van der Waals surface area contributed by atoms with Crippen LogP contribution in [0, 0.1) is 0 Å². The Morgan fingerprint density at radius 3 is 2.64 bits per heavy atom. The zero-order valence-corrected chi connectivity index (χ0v) is 7.93. The Bertz CT molecular complexity index is 128. The van der Waals surface area contributed by atoms with Crippen LogP contribution in [-0.2, 0) is 9.22 Å². The first-order chi connectivity index (χ1) is 5.07. The molecule has 0 rings (SSSR count). The van der Waals surface area contributed by atoms with Crippen molar-refractivity contribution in [2.75, 3.05) is 6.61 Å². The first-order valence-corrected chi connectivity index (χ1v) is 6.04. The second-order valence-corrected chi connectivity index (χ2v) is 4.78. The van der Waals surface area contributed by atoms with Gasteiger partial charge in [-0.1, -0.05) is 0 Å². The van der Waals surface area contributed by atoms with E-state index in [4.69, 9.17) is 14.6 Å². The predicted molar refractivity (Wildman–Crippen MR) is 43.1 cm³/mol. The Morgan fingerprint density at radius 1 is 1.73 bits per heavy atom. The summed E-state index contributed by atoms with van der Waals surface area (Å²) in [7, 11) is -1.45. The Hall–Kier alpha value is -0.393. The Kier molecular flexibility index (Phi) is 5.09. The molecule has 0 aromatic carbocycles. The summed E-state index contributed by atoms with van der Waals surface area (Å²) in [5.74, 6) is -1.16. The van der Waals surface area contributed by atoms with Crippen LogP contribution in [0.5, 0.6) is 0 Å². The molecule has 2 N–H and O–H groups in total. The minimum atomic E-state index is -1.45. The number of carbonyl (C=O) groups is 1. The Balaban J connectivity index is 3.56. The smallest absolute Gasteiger partial charge is 0.332 e. The number of aliphatic hydroxyl groups excluding tert-OH is 1. The monoisotopic (exact) mass is 178 g/mol. The lowest BCUT2D eigenvalue weighted by atomic mass is 10.4. The maximum Gasteiger partial charge on any atom is 0.332 e. The summed E-state index contributed by atoms with van der Waals surface area (Å²) in [5.41, 5.74) is 0. The van der Waals surface area contributed by atoms with Gasteiger partial charge in [-0.3, -0.25) is 0 Å². The van der Waals surface area contributed by atoms with Crippen molar-refractivity contribution in [1.29, 1.82) is 0 Å². The van der Waals surface area contributed by atoms with Crippen LogP contribution in [0.3, 0.4) is 0 Å². The fourth-order valence-electron chi connectivity index (χ4n) is 0.768. The maximum absolute atomic E-state index is 10.2. The Morgan fingerprint density at radius 2 is 2.27 bits per heavy atom. The first kappa shape index (κ1) is 10.6. The van der Waals surface area contributed by atoms with Crippen molar-refractivity contribution in [2.24, 2.45) is 0 Å². The maximum atomic E-state index is 10.2. The lowest BCUT2D eigenvalue weighted by Gasteiger charge is -2.11. The largest absolute Gasteiger partial charge is 0.479 e. The van der Waals surface area contributed by atoms with Gasteiger partial charge >= 0.3 is 5.97 Å². The highest BCUT2D eigenvalue weighted by Crippen LogP contribution is 2.00. The summed E-state index contributed by atoms with van der Waals surface area (Å²) in [5, 5.41) is 17.2. The summed E-state index contributed by atoms with van der Waals surface area (Å²) < 4.78 is 5.18. The normalized spacial score (nSPS) is 15.9. The van der Waals surface area contributed by atoms with Crippen molar-refractivity contribution in [3.8, 4) is 0 Å². The van der Waals surface area contributed by atoms with E-state index in [1.807, 2.05) is 13.5 Å². The standard InChI is InChI=1S/C6H14O4Si/c1-3-10-11(2)4-5(7)6(8)9/h5,7,11H,3-4H2,1-2H3,(H,8,9).